The fraction of sp³-hybridized carbons (Fsp3) is 0.579. The molecule has 0 spiro atoms. The predicted octanol–water partition coefficient (Wildman–Crippen LogP) is 3.27. The minimum Gasteiger partial charge on any atom is -0.445 e. The molecule has 0 bridgehead atoms. The number of likely N-dealkylation sites (tertiary alicyclic amines) is 1. The average molecular weight is 365 g/mol. The molecular weight excluding hydrogens is 340 g/mol. The normalized spacial score (nSPS) is 20.2. The van der Waals surface area contributed by atoms with Gasteiger partial charge in [-0.15, -0.1) is 11.6 Å². The van der Waals surface area contributed by atoms with E-state index in [2.05, 4.69) is 0 Å². The molecule has 3 rings (SSSR count). The van der Waals surface area contributed by atoms with E-state index in [1.807, 2.05) is 40.1 Å². The van der Waals surface area contributed by atoms with Gasteiger partial charge in [-0.3, -0.25) is 4.79 Å². The van der Waals surface area contributed by atoms with Gasteiger partial charge in [0.2, 0.25) is 5.91 Å². The number of rotatable bonds is 6. The van der Waals surface area contributed by atoms with E-state index in [9.17, 15) is 9.59 Å². The zero-order chi connectivity index (χ0) is 17.6. The SMILES string of the molecule is O=C(CCl)N1CCCC(CN(C(=O)OCc2ccccc2)C2CC2)C1. The van der Waals surface area contributed by atoms with Crippen LogP contribution in [-0.2, 0) is 16.1 Å². The van der Waals surface area contributed by atoms with E-state index in [0.29, 0.717) is 31.7 Å². The molecule has 1 heterocycles. The van der Waals surface area contributed by atoms with Gasteiger partial charge in [0.25, 0.3) is 0 Å². The van der Waals surface area contributed by atoms with Gasteiger partial charge >= 0.3 is 6.09 Å². The van der Waals surface area contributed by atoms with Crippen molar-refractivity contribution in [3.8, 4) is 0 Å². The number of hydrogen-bond acceptors (Lipinski definition) is 3. The van der Waals surface area contributed by atoms with Gasteiger partial charge in [-0.25, -0.2) is 4.79 Å². The molecule has 2 amide bonds. The second-order valence-electron chi connectivity index (χ2n) is 6.91. The van der Waals surface area contributed by atoms with Crippen LogP contribution in [0.4, 0.5) is 4.79 Å². The number of benzene rings is 1. The Morgan fingerprint density at radius 2 is 1.96 bits per heavy atom. The molecule has 0 N–H and O–H groups in total. The number of ether oxygens (including phenoxy) is 1. The van der Waals surface area contributed by atoms with Gasteiger partial charge in [-0.2, -0.15) is 0 Å². The highest BCUT2D eigenvalue weighted by atomic mass is 35.5. The Balaban J connectivity index is 1.54. The first-order chi connectivity index (χ1) is 12.2. The number of nitrogens with zero attached hydrogens (tertiary/aromatic N) is 2. The smallest absolute Gasteiger partial charge is 0.410 e. The van der Waals surface area contributed by atoms with Gasteiger partial charge in [-0.05, 0) is 37.2 Å². The van der Waals surface area contributed by atoms with Gasteiger partial charge in [0.15, 0.2) is 0 Å². The highest BCUT2D eigenvalue weighted by molar-refractivity contribution is 6.27. The molecule has 0 radical (unpaired) electrons. The largest absolute Gasteiger partial charge is 0.445 e. The summed E-state index contributed by atoms with van der Waals surface area (Å²) in [4.78, 5) is 28.1. The molecule has 1 aromatic rings. The molecule has 1 aliphatic carbocycles. The van der Waals surface area contributed by atoms with Crippen LogP contribution < -0.4 is 0 Å². The molecular formula is C19H25ClN2O3. The molecule has 2 fully saturated rings. The lowest BCUT2D eigenvalue weighted by Gasteiger charge is -2.35. The second-order valence-corrected chi connectivity index (χ2v) is 7.17. The lowest BCUT2D eigenvalue weighted by atomic mass is 9.97. The highest BCUT2D eigenvalue weighted by Gasteiger charge is 2.36. The van der Waals surface area contributed by atoms with Crippen molar-refractivity contribution in [2.45, 2.75) is 38.3 Å². The summed E-state index contributed by atoms with van der Waals surface area (Å²) < 4.78 is 5.51. The van der Waals surface area contributed by atoms with Crippen LogP contribution in [0.2, 0.25) is 0 Å². The number of amides is 2. The molecule has 5 nitrogen and oxygen atoms in total. The van der Waals surface area contributed by atoms with Crippen molar-refractivity contribution in [2.75, 3.05) is 25.5 Å². The van der Waals surface area contributed by atoms with E-state index >= 15 is 0 Å². The summed E-state index contributed by atoms with van der Waals surface area (Å²) in [5.74, 6) is 0.305. The van der Waals surface area contributed by atoms with Gasteiger partial charge < -0.3 is 14.5 Å². The molecule has 25 heavy (non-hydrogen) atoms. The lowest BCUT2D eigenvalue weighted by molar-refractivity contribution is -0.130. The van der Waals surface area contributed by atoms with Crippen LogP contribution in [0.3, 0.4) is 0 Å². The summed E-state index contributed by atoms with van der Waals surface area (Å²) in [6, 6.07) is 10.0. The van der Waals surface area contributed by atoms with Crippen molar-refractivity contribution in [3.05, 3.63) is 35.9 Å². The van der Waals surface area contributed by atoms with Crippen molar-refractivity contribution >= 4 is 23.6 Å². The van der Waals surface area contributed by atoms with Crippen LogP contribution in [0.5, 0.6) is 0 Å². The van der Waals surface area contributed by atoms with Crippen LogP contribution >= 0.6 is 11.6 Å². The predicted molar refractivity (Wildman–Crippen MR) is 96.4 cm³/mol. The minimum absolute atomic E-state index is 0.0176. The molecule has 1 aliphatic heterocycles. The average Bonchev–Trinajstić information content (AvgIpc) is 3.49. The third kappa shape index (κ3) is 5.11. The van der Waals surface area contributed by atoms with E-state index in [0.717, 1.165) is 37.8 Å². The summed E-state index contributed by atoms with van der Waals surface area (Å²) in [5, 5.41) is 0. The summed E-state index contributed by atoms with van der Waals surface area (Å²) in [6.45, 7) is 2.40. The van der Waals surface area contributed by atoms with E-state index < -0.39 is 0 Å². The number of halogens is 1. The molecule has 6 heteroatoms. The van der Waals surface area contributed by atoms with E-state index in [1.165, 1.54) is 0 Å². The Morgan fingerprint density at radius 3 is 2.64 bits per heavy atom. The quantitative estimate of drug-likeness (QED) is 0.728. The zero-order valence-corrected chi connectivity index (χ0v) is 15.2. The Bertz CT molecular complexity index is 592. The molecule has 1 atom stereocenters. The first kappa shape index (κ1) is 18.1. The summed E-state index contributed by atoms with van der Waals surface area (Å²) in [7, 11) is 0. The van der Waals surface area contributed by atoms with E-state index in [1.54, 1.807) is 0 Å². The third-order valence-corrected chi connectivity index (χ3v) is 5.10. The maximum atomic E-state index is 12.5. The number of hydrogen-bond donors (Lipinski definition) is 0. The van der Waals surface area contributed by atoms with Crippen molar-refractivity contribution in [2.24, 2.45) is 5.92 Å². The molecule has 2 aliphatic rings. The molecule has 136 valence electrons. The van der Waals surface area contributed by atoms with Crippen LogP contribution in [0, 0.1) is 5.92 Å². The first-order valence-corrected chi connectivity index (χ1v) is 9.52. The maximum Gasteiger partial charge on any atom is 0.410 e. The number of carbonyl (C=O) groups excluding carboxylic acids is 2. The van der Waals surface area contributed by atoms with Crippen LogP contribution in [-0.4, -0.2) is 53.4 Å². The Kier molecular flexibility index (Phi) is 6.19. The monoisotopic (exact) mass is 364 g/mol. The zero-order valence-electron chi connectivity index (χ0n) is 14.4. The van der Waals surface area contributed by atoms with Crippen LogP contribution in [0.15, 0.2) is 30.3 Å². The van der Waals surface area contributed by atoms with Gasteiger partial charge in [0.05, 0.1) is 0 Å². The number of alkyl halides is 1. The Morgan fingerprint density at radius 1 is 1.20 bits per heavy atom. The lowest BCUT2D eigenvalue weighted by Crippen LogP contribution is -2.46. The van der Waals surface area contributed by atoms with Gasteiger partial charge in [-0.1, -0.05) is 30.3 Å². The molecule has 0 aromatic heterocycles. The summed E-state index contributed by atoms with van der Waals surface area (Å²) in [5.41, 5.74) is 0.989. The second kappa shape index (κ2) is 8.56. The topological polar surface area (TPSA) is 49.9 Å². The fourth-order valence-corrected chi connectivity index (χ4v) is 3.53. The Hall–Kier alpha value is -1.75. The molecule has 1 unspecified atom stereocenters. The first-order valence-electron chi connectivity index (χ1n) is 8.98. The van der Waals surface area contributed by atoms with Crippen molar-refractivity contribution < 1.29 is 14.3 Å². The standard InChI is InChI=1S/C19H25ClN2O3/c20-11-18(23)21-10-4-7-16(12-21)13-22(17-8-9-17)19(24)25-14-15-5-2-1-3-6-15/h1-3,5-6,16-17H,4,7-14H2. The third-order valence-electron chi connectivity index (χ3n) is 4.87. The van der Waals surface area contributed by atoms with E-state index in [-0.39, 0.29) is 17.9 Å². The minimum atomic E-state index is -0.243. The van der Waals surface area contributed by atoms with Crippen molar-refractivity contribution in [3.63, 3.8) is 0 Å². The Labute approximate surface area is 153 Å². The van der Waals surface area contributed by atoms with Gasteiger partial charge in [0, 0.05) is 25.7 Å². The maximum absolute atomic E-state index is 12.5. The number of piperidine rings is 1. The highest BCUT2D eigenvalue weighted by Crippen LogP contribution is 2.30. The summed E-state index contributed by atoms with van der Waals surface area (Å²) in [6.07, 6.45) is 3.83. The molecule has 1 saturated heterocycles. The van der Waals surface area contributed by atoms with Crippen LogP contribution in [0.25, 0.3) is 0 Å². The van der Waals surface area contributed by atoms with Gasteiger partial charge in [0.1, 0.15) is 12.5 Å². The van der Waals surface area contributed by atoms with Crippen molar-refractivity contribution in [1.82, 2.24) is 9.80 Å². The molecule has 1 aromatic carbocycles. The molecule has 1 saturated carbocycles. The summed E-state index contributed by atoms with van der Waals surface area (Å²) >= 11 is 5.67. The van der Waals surface area contributed by atoms with E-state index in [4.69, 9.17) is 16.3 Å². The van der Waals surface area contributed by atoms with Crippen molar-refractivity contribution in [1.29, 1.82) is 0 Å². The fourth-order valence-electron chi connectivity index (χ4n) is 3.36. The van der Waals surface area contributed by atoms with Crippen LogP contribution in [0.1, 0.15) is 31.2 Å². The number of carbonyl (C=O) groups is 2.